The lowest BCUT2D eigenvalue weighted by molar-refractivity contribution is -0.131. The number of methoxy groups -OCH3 is 2. The third-order valence-electron chi connectivity index (χ3n) is 2.88. The normalized spacial score (nSPS) is 11.3. The first kappa shape index (κ1) is 16.9. The zero-order valence-corrected chi connectivity index (χ0v) is 13.7. The summed E-state index contributed by atoms with van der Waals surface area (Å²) in [5, 5.41) is 17.2. The average molecular weight is 336 g/mol. The third-order valence-corrected chi connectivity index (χ3v) is 3.73. The summed E-state index contributed by atoms with van der Waals surface area (Å²) in [7, 11) is 3.05. The van der Waals surface area contributed by atoms with E-state index in [-0.39, 0.29) is 10.1 Å². The Balaban J connectivity index is 2.36. The Morgan fingerprint density at radius 2 is 2.13 bits per heavy atom. The zero-order valence-electron chi connectivity index (χ0n) is 12.9. The molecular formula is C15H16N2O5S. The van der Waals surface area contributed by atoms with Gasteiger partial charge in [0.1, 0.15) is 16.4 Å². The van der Waals surface area contributed by atoms with Gasteiger partial charge in [-0.3, -0.25) is 0 Å². The molecule has 1 heterocycles. The molecule has 8 heteroatoms. The van der Waals surface area contributed by atoms with Crippen LogP contribution in [0.4, 0.5) is 0 Å². The van der Waals surface area contributed by atoms with Gasteiger partial charge in [-0.2, -0.15) is 0 Å². The van der Waals surface area contributed by atoms with Gasteiger partial charge >= 0.3 is 5.97 Å². The number of aliphatic carboxylic acids is 1. The van der Waals surface area contributed by atoms with E-state index in [1.165, 1.54) is 20.3 Å². The fourth-order valence-corrected chi connectivity index (χ4v) is 2.43. The van der Waals surface area contributed by atoms with Crippen molar-refractivity contribution in [3.8, 4) is 11.5 Å². The van der Waals surface area contributed by atoms with Gasteiger partial charge in [-0.15, -0.1) is 10.2 Å². The molecule has 1 aromatic carbocycles. The van der Waals surface area contributed by atoms with Crippen LogP contribution < -0.4 is 9.47 Å². The van der Waals surface area contributed by atoms with Crippen molar-refractivity contribution in [2.24, 2.45) is 0 Å². The molecule has 0 saturated carbocycles. The highest BCUT2D eigenvalue weighted by Gasteiger charge is 2.16. The molecule has 122 valence electrons. The van der Waals surface area contributed by atoms with E-state index < -0.39 is 5.97 Å². The van der Waals surface area contributed by atoms with Gasteiger partial charge in [-0.25, -0.2) is 4.79 Å². The molecule has 0 fully saturated rings. The standard InChI is InChI=1S/C15H16N2O5S/c1-4-13-16-17-15(22-13)23-12(14(18)19)8-9-7-10(20-2)5-6-11(9)21-3/h5-8H,4H2,1-3H3,(H,18,19)/b12-8-. The lowest BCUT2D eigenvalue weighted by Crippen LogP contribution is -1.98. The minimum absolute atomic E-state index is 0.0304. The molecule has 1 aromatic heterocycles. The second kappa shape index (κ2) is 7.68. The van der Waals surface area contributed by atoms with Gasteiger partial charge in [-0.1, -0.05) is 6.92 Å². The predicted octanol–water partition coefficient (Wildman–Crippen LogP) is 2.87. The molecule has 0 atom stereocenters. The quantitative estimate of drug-likeness (QED) is 0.609. The maximum absolute atomic E-state index is 11.5. The van der Waals surface area contributed by atoms with Crippen molar-refractivity contribution in [2.75, 3.05) is 14.2 Å². The molecule has 2 rings (SSSR count). The van der Waals surface area contributed by atoms with Crippen LogP contribution in [0.5, 0.6) is 11.5 Å². The van der Waals surface area contributed by atoms with Gasteiger partial charge < -0.3 is 19.0 Å². The van der Waals surface area contributed by atoms with E-state index >= 15 is 0 Å². The molecule has 2 aromatic rings. The van der Waals surface area contributed by atoms with Crippen LogP contribution in [0.25, 0.3) is 6.08 Å². The van der Waals surface area contributed by atoms with Crippen molar-refractivity contribution >= 4 is 23.8 Å². The van der Waals surface area contributed by atoms with Crippen LogP contribution in [0.3, 0.4) is 0 Å². The number of rotatable bonds is 7. The highest BCUT2D eigenvalue weighted by molar-refractivity contribution is 8.03. The van der Waals surface area contributed by atoms with Crippen LogP contribution in [0.15, 0.2) is 32.7 Å². The number of carboxylic acids is 1. The summed E-state index contributed by atoms with van der Waals surface area (Å²) < 4.78 is 15.7. The Bertz CT molecular complexity index is 726. The van der Waals surface area contributed by atoms with E-state index in [2.05, 4.69) is 10.2 Å². The molecule has 1 N–H and O–H groups in total. The summed E-state index contributed by atoms with van der Waals surface area (Å²) >= 11 is 0.885. The van der Waals surface area contributed by atoms with E-state index in [0.29, 0.717) is 29.4 Å². The lowest BCUT2D eigenvalue weighted by atomic mass is 10.1. The molecule has 0 spiro atoms. The number of carboxylic acid groups (broad SMARTS) is 1. The highest BCUT2D eigenvalue weighted by Crippen LogP contribution is 2.31. The average Bonchev–Trinajstić information content (AvgIpc) is 3.01. The van der Waals surface area contributed by atoms with Gasteiger partial charge in [0.2, 0.25) is 5.89 Å². The van der Waals surface area contributed by atoms with E-state index in [4.69, 9.17) is 13.9 Å². The lowest BCUT2D eigenvalue weighted by Gasteiger charge is -2.08. The number of ether oxygens (including phenoxy) is 2. The monoisotopic (exact) mass is 336 g/mol. The summed E-state index contributed by atoms with van der Waals surface area (Å²) in [6, 6.07) is 5.12. The van der Waals surface area contributed by atoms with Gasteiger partial charge in [0.05, 0.1) is 14.2 Å². The number of thioether (sulfide) groups is 1. The van der Waals surface area contributed by atoms with Crippen LogP contribution >= 0.6 is 11.8 Å². The SMILES string of the molecule is CCc1nnc(S/C(=C\c2cc(OC)ccc2OC)C(=O)O)o1. The van der Waals surface area contributed by atoms with Crippen LogP contribution in [-0.2, 0) is 11.2 Å². The zero-order chi connectivity index (χ0) is 16.8. The second-order valence-electron chi connectivity index (χ2n) is 4.34. The molecule has 0 saturated heterocycles. The van der Waals surface area contributed by atoms with Crippen molar-refractivity contribution < 1.29 is 23.8 Å². The first-order valence-electron chi connectivity index (χ1n) is 6.74. The Morgan fingerprint density at radius 1 is 1.35 bits per heavy atom. The summed E-state index contributed by atoms with van der Waals surface area (Å²) in [5.41, 5.74) is 0.576. The van der Waals surface area contributed by atoms with E-state index in [1.807, 2.05) is 6.92 Å². The summed E-state index contributed by atoms with van der Waals surface area (Å²) in [5.74, 6) is 0.482. The highest BCUT2D eigenvalue weighted by atomic mass is 32.2. The van der Waals surface area contributed by atoms with Gasteiger partial charge in [-0.05, 0) is 36.0 Å². The van der Waals surface area contributed by atoms with Crippen LogP contribution in [0.2, 0.25) is 0 Å². The molecule has 0 bridgehead atoms. The third kappa shape index (κ3) is 4.26. The van der Waals surface area contributed by atoms with Crippen molar-refractivity contribution in [1.29, 1.82) is 0 Å². The van der Waals surface area contributed by atoms with Crippen molar-refractivity contribution in [2.45, 2.75) is 18.6 Å². The Kier molecular flexibility index (Phi) is 5.64. The first-order valence-corrected chi connectivity index (χ1v) is 7.56. The van der Waals surface area contributed by atoms with E-state index in [9.17, 15) is 9.90 Å². The number of hydrogen-bond donors (Lipinski definition) is 1. The predicted molar refractivity (Wildman–Crippen MR) is 84.7 cm³/mol. The van der Waals surface area contributed by atoms with Gasteiger partial charge in [0.15, 0.2) is 0 Å². The van der Waals surface area contributed by atoms with E-state index in [1.54, 1.807) is 18.2 Å². The summed E-state index contributed by atoms with van der Waals surface area (Å²) in [6.45, 7) is 1.87. The van der Waals surface area contributed by atoms with Crippen molar-refractivity contribution in [1.82, 2.24) is 10.2 Å². The summed E-state index contributed by atoms with van der Waals surface area (Å²) in [4.78, 5) is 11.5. The number of hydrogen-bond acceptors (Lipinski definition) is 7. The van der Waals surface area contributed by atoms with Gasteiger partial charge in [0.25, 0.3) is 5.22 Å². The first-order chi connectivity index (χ1) is 11.1. The smallest absolute Gasteiger partial charge is 0.342 e. The molecule has 0 aliphatic carbocycles. The van der Waals surface area contributed by atoms with Crippen LogP contribution in [-0.4, -0.2) is 35.5 Å². The Labute approximate surface area is 137 Å². The van der Waals surface area contributed by atoms with Gasteiger partial charge in [0, 0.05) is 12.0 Å². The second-order valence-corrected chi connectivity index (χ2v) is 5.33. The number of benzene rings is 1. The molecule has 23 heavy (non-hydrogen) atoms. The van der Waals surface area contributed by atoms with E-state index in [0.717, 1.165) is 11.8 Å². The molecule has 0 radical (unpaired) electrons. The number of carbonyl (C=O) groups is 1. The largest absolute Gasteiger partial charge is 0.497 e. The topological polar surface area (TPSA) is 94.7 Å². The molecule has 0 aliphatic heterocycles. The Morgan fingerprint density at radius 3 is 2.70 bits per heavy atom. The molecule has 0 aliphatic rings. The van der Waals surface area contributed by atoms with Crippen molar-refractivity contribution in [3.63, 3.8) is 0 Å². The maximum atomic E-state index is 11.5. The fourth-order valence-electron chi connectivity index (χ4n) is 1.74. The molecule has 0 unspecified atom stereocenters. The van der Waals surface area contributed by atoms with Crippen molar-refractivity contribution in [3.05, 3.63) is 34.6 Å². The fraction of sp³-hybridized carbons (Fsp3) is 0.267. The number of aryl methyl sites for hydroxylation is 1. The molecule has 7 nitrogen and oxygen atoms in total. The maximum Gasteiger partial charge on any atom is 0.342 e. The van der Waals surface area contributed by atoms with Crippen LogP contribution in [0, 0.1) is 0 Å². The number of nitrogens with zero attached hydrogens (tertiary/aromatic N) is 2. The molecular weight excluding hydrogens is 320 g/mol. The minimum atomic E-state index is -1.10. The minimum Gasteiger partial charge on any atom is -0.497 e. The molecule has 0 amide bonds. The summed E-state index contributed by atoms with van der Waals surface area (Å²) in [6.07, 6.45) is 2.06. The Hall–Kier alpha value is -2.48. The van der Waals surface area contributed by atoms with Crippen LogP contribution in [0.1, 0.15) is 18.4 Å². The number of aromatic nitrogens is 2.